The van der Waals surface area contributed by atoms with E-state index >= 15 is 0 Å². The molecule has 0 saturated heterocycles. The Hall–Kier alpha value is -6.23. The van der Waals surface area contributed by atoms with Crippen LogP contribution in [-0.4, -0.2) is 4.98 Å². The number of nitrogens with zero attached hydrogens (tertiary/aromatic N) is 2. The number of aromatic nitrogens is 1. The highest BCUT2D eigenvalue weighted by Gasteiger charge is 2.19. The number of oxazole rings is 1. The molecule has 0 N–H and O–H groups in total. The molecule has 0 atom stereocenters. The highest BCUT2D eigenvalue weighted by molar-refractivity contribution is 7.26. The zero-order valence-corrected chi connectivity index (χ0v) is 27.2. The minimum Gasteiger partial charge on any atom is -0.436 e. The summed E-state index contributed by atoms with van der Waals surface area (Å²) in [5.74, 6) is 0.653. The van der Waals surface area contributed by atoms with Gasteiger partial charge in [-0.3, -0.25) is 0 Å². The van der Waals surface area contributed by atoms with E-state index in [1.165, 1.54) is 52.8 Å². The number of para-hydroxylation sites is 2. The second-order valence-electron chi connectivity index (χ2n) is 12.4. The van der Waals surface area contributed by atoms with E-state index in [9.17, 15) is 0 Å². The van der Waals surface area contributed by atoms with Gasteiger partial charge in [0.05, 0.1) is 0 Å². The van der Waals surface area contributed by atoms with Crippen LogP contribution in [0, 0.1) is 0 Å². The Bertz CT molecular complexity index is 2810. The summed E-state index contributed by atoms with van der Waals surface area (Å²) in [6, 6.07) is 60.6. The Morgan fingerprint density at radius 2 is 1.12 bits per heavy atom. The molecule has 10 rings (SSSR count). The molecule has 8 aromatic carbocycles. The Labute approximate surface area is 286 Å². The second kappa shape index (κ2) is 11.2. The zero-order valence-electron chi connectivity index (χ0n) is 26.4. The molecule has 0 aliphatic rings. The van der Waals surface area contributed by atoms with Crippen LogP contribution in [0.5, 0.6) is 0 Å². The summed E-state index contributed by atoms with van der Waals surface area (Å²) in [4.78, 5) is 7.21. The summed E-state index contributed by atoms with van der Waals surface area (Å²) in [7, 11) is 0. The van der Waals surface area contributed by atoms with E-state index in [-0.39, 0.29) is 0 Å². The van der Waals surface area contributed by atoms with Crippen molar-refractivity contribution in [1.82, 2.24) is 4.98 Å². The summed E-state index contributed by atoms with van der Waals surface area (Å²) in [5, 5.41) is 7.32. The van der Waals surface area contributed by atoms with Crippen molar-refractivity contribution in [2.24, 2.45) is 0 Å². The third kappa shape index (κ3) is 4.76. The SMILES string of the molecule is c1ccc2cc(-c3ccc(N(c4ccc5ccccc5c4)c4ccc5c(c4)sc4cccc(-c6nc7ccccc7o6)c45)cc3)ccc2c1. The Kier molecular flexibility index (Phi) is 6.36. The zero-order chi connectivity index (χ0) is 32.3. The van der Waals surface area contributed by atoms with Crippen LogP contribution < -0.4 is 4.90 Å². The lowest BCUT2D eigenvalue weighted by Crippen LogP contribution is -2.09. The minimum atomic E-state index is 0.653. The van der Waals surface area contributed by atoms with Crippen LogP contribution in [0.2, 0.25) is 0 Å². The molecule has 0 aliphatic carbocycles. The van der Waals surface area contributed by atoms with E-state index in [4.69, 9.17) is 9.40 Å². The van der Waals surface area contributed by atoms with Crippen molar-refractivity contribution in [2.45, 2.75) is 0 Å². The molecule has 49 heavy (non-hydrogen) atoms. The van der Waals surface area contributed by atoms with Crippen molar-refractivity contribution < 1.29 is 4.42 Å². The first kappa shape index (κ1) is 27.8. The Morgan fingerprint density at radius 1 is 0.469 bits per heavy atom. The maximum Gasteiger partial charge on any atom is 0.227 e. The lowest BCUT2D eigenvalue weighted by Gasteiger charge is -2.26. The average molecular weight is 645 g/mol. The highest BCUT2D eigenvalue weighted by Crippen LogP contribution is 2.44. The van der Waals surface area contributed by atoms with E-state index in [0.717, 1.165) is 33.7 Å². The van der Waals surface area contributed by atoms with Gasteiger partial charge in [-0.15, -0.1) is 11.3 Å². The van der Waals surface area contributed by atoms with Gasteiger partial charge in [0.25, 0.3) is 0 Å². The largest absolute Gasteiger partial charge is 0.436 e. The molecule has 0 unspecified atom stereocenters. The molecule has 3 nitrogen and oxygen atoms in total. The van der Waals surface area contributed by atoms with E-state index in [0.29, 0.717) is 5.89 Å². The summed E-state index contributed by atoms with van der Waals surface area (Å²) in [5.41, 5.74) is 8.42. The van der Waals surface area contributed by atoms with Crippen LogP contribution in [0.1, 0.15) is 0 Å². The molecule has 0 aliphatic heterocycles. The first-order valence-corrected chi connectivity index (χ1v) is 17.3. The van der Waals surface area contributed by atoms with Crippen molar-refractivity contribution in [2.75, 3.05) is 4.90 Å². The van der Waals surface area contributed by atoms with Crippen LogP contribution in [0.4, 0.5) is 17.1 Å². The number of fused-ring (bicyclic) bond motifs is 6. The van der Waals surface area contributed by atoms with Gasteiger partial charge in [-0.2, -0.15) is 0 Å². The molecule has 0 bridgehead atoms. The molecule has 2 aromatic heterocycles. The summed E-state index contributed by atoms with van der Waals surface area (Å²) in [6.45, 7) is 0. The average Bonchev–Trinajstić information content (AvgIpc) is 3.77. The van der Waals surface area contributed by atoms with E-state index in [1.54, 1.807) is 11.3 Å². The fourth-order valence-corrected chi connectivity index (χ4v) is 8.22. The lowest BCUT2D eigenvalue weighted by molar-refractivity contribution is 0.620. The predicted octanol–water partition coefficient (Wildman–Crippen LogP) is 13.3. The molecule has 0 amide bonds. The summed E-state index contributed by atoms with van der Waals surface area (Å²) >= 11 is 1.81. The normalized spacial score (nSPS) is 11.7. The first-order valence-electron chi connectivity index (χ1n) is 16.4. The molecule has 0 spiro atoms. The molecular formula is C45H28N2OS. The summed E-state index contributed by atoms with van der Waals surface area (Å²) in [6.07, 6.45) is 0. The fourth-order valence-electron chi connectivity index (χ4n) is 7.05. The first-order chi connectivity index (χ1) is 24.2. The highest BCUT2D eigenvalue weighted by atomic mass is 32.1. The topological polar surface area (TPSA) is 29.3 Å². The Balaban J connectivity index is 1.11. The third-order valence-electron chi connectivity index (χ3n) is 9.46. The number of hydrogen-bond donors (Lipinski definition) is 0. The van der Waals surface area contributed by atoms with Crippen LogP contribution in [0.15, 0.2) is 174 Å². The smallest absolute Gasteiger partial charge is 0.227 e. The van der Waals surface area contributed by atoms with Gasteiger partial charge in [0.1, 0.15) is 5.52 Å². The van der Waals surface area contributed by atoms with Gasteiger partial charge >= 0.3 is 0 Å². The second-order valence-corrected chi connectivity index (χ2v) is 13.5. The molecule has 4 heteroatoms. The monoisotopic (exact) mass is 644 g/mol. The van der Waals surface area contributed by atoms with Crippen molar-refractivity contribution in [1.29, 1.82) is 0 Å². The van der Waals surface area contributed by atoms with Crippen LogP contribution in [0.3, 0.4) is 0 Å². The van der Waals surface area contributed by atoms with Crippen molar-refractivity contribution >= 4 is 81.2 Å². The fraction of sp³-hybridized carbons (Fsp3) is 0. The van der Waals surface area contributed by atoms with Crippen LogP contribution >= 0.6 is 11.3 Å². The standard InChI is InChI=1S/C45H28N2OS/c1-3-10-32-26-34(17-16-29(32)8-1)31-18-21-35(22-19-31)47(36-23-20-30-9-2-4-11-33(30)27-36)37-24-25-38-43(28-37)49-42-15-7-12-39(44(38)42)45-46-40-13-5-6-14-41(40)48-45/h1-28H. The third-order valence-corrected chi connectivity index (χ3v) is 10.6. The van der Waals surface area contributed by atoms with Gasteiger partial charge in [-0.25, -0.2) is 4.98 Å². The van der Waals surface area contributed by atoms with Crippen molar-refractivity contribution in [3.8, 4) is 22.6 Å². The minimum absolute atomic E-state index is 0.653. The van der Waals surface area contributed by atoms with Crippen LogP contribution in [-0.2, 0) is 0 Å². The molecule has 0 radical (unpaired) electrons. The summed E-state index contributed by atoms with van der Waals surface area (Å²) < 4.78 is 8.67. The molecule has 0 saturated carbocycles. The molecule has 230 valence electrons. The maximum atomic E-state index is 6.24. The van der Waals surface area contributed by atoms with E-state index in [1.807, 2.05) is 24.3 Å². The number of benzene rings is 8. The molecule has 2 heterocycles. The van der Waals surface area contributed by atoms with Gasteiger partial charge in [-0.05, 0) is 99.4 Å². The van der Waals surface area contributed by atoms with Gasteiger partial charge in [0, 0.05) is 42.8 Å². The van der Waals surface area contributed by atoms with Crippen molar-refractivity contribution in [3.63, 3.8) is 0 Å². The molecular weight excluding hydrogens is 617 g/mol. The van der Waals surface area contributed by atoms with E-state index in [2.05, 4.69) is 150 Å². The molecule has 10 aromatic rings. The van der Waals surface area contributed by atoms with Gasteiger partial charge in [0.15, 0.2) is 5.58 Å². The number of anilines is 3. The number of thiophene rings is 1. The predicted molar refractivity (Wildman–Crippen MR) is 207 cm³/mol. The Morgan fingerprint density at radius 3 is 1.94 bits per heavy atom. The quantitative estimate of drug-likeness (QED) is 0.187. The van der Waals surface area contributed by atoms with Gasteiger partial charge in [-0.1, -0.05) is 103 Å². The molecule has 0 fully saturated rings. The lowest BCUT2D eigenvalue weighted by atomic mass is 10.0. The number of hydrogen-bond acceptors (Lipinski definition) is 4. The van der Waals surface area contributed by atoms with Gasteiger partial charge in [0.2, 0.25) is 5.89 Å². The number of rotatable bonds is 5. The maximum absolute atomic E-state index is 6.24. The van der Waals surface area contributed by atoms with E-state index < -0.39 is 0 Å². The van der Waals surface area contributed by atoms with Crippen molar-refractivity contribution in [3.05, 3.63) is 170 Å². The van der Waals surface area contributed by atoms with Crippen LogP contribution in [0.25, 0.3) is 75.4 Å². The van der Waals surface area contributed by atoms with Gasteiger partial charge < -0.3 is 9.32 Å².